The highest BCUT2D eigenvalue weighted by atomic mass is 16.3. The SMILES string of the molecule is Cc1ccc(NC(=O)c2coc3ccccc3c2=O)cc1. The maximum absolute atomic E-state index is 12.3. The van der Waals surface area contributed by atoms with E-state index in [2.05, 4.69) is 5.32 Å². The molecule has 0 spiro atoms. The first kappa shape index (κ1) is 13.1. The normalized spacial score (nSPS) is 10.5. The molecule has 4 nitrogen and oxygen atoms in total. The average molecular weight is 279 g/mol. The molecule has 0 unspecified atom stereocenters. The fourth-order valence-corrected chi connectivity index (χ4v) is 2.07. The van der Waals surface area contributed by atoms with Crippen LogP contribution in [0.4, 0.5) is 5.69 Å². The third kappa shape index (κ3) is 2.56. The summed E-state index contributed by atoms with van der Waals surface area (Å²) < 4.78 is 5.34. The second-order valence-corrected chi connectivity index (χ2v) is 4.79. The van der Waals surface area contributed by atoms with Crippen molar-refractivity contribution in [3.8, 4) is 0 Å². The van der Waals surface area contributed by atoms with Crippen LogP contribution in [0.5, 0.6) is 0 Å². The number of amides is 1. The number of aryl methyl sites for hydroxylation is 1. The zero-order chi connectivity index (χ0) is 14.8. The third-order valence-corrected chi connectivity index (χ3v) is 3.23. The van der Waals surface area contributed by atoms with Crippen LogP contribution < -0.4 is 10.7 Å². The summed E-state index contributed by atoms with van der Waals surface area (Å²) in [6.45, 7) is 1.96. The Morgan fingerprint density at radius 1 is 1.05 bits per heavy atom. The topological polar surface area (TPSA) is 59.3 Å². The summed E-state index contributed by atoms with van der Waals surface area (Å²) in [6.07, 6.45) is 1.20. The smallest absolute Gasteiger partial charge is 0.262 e. The summed E-state index contributed by atoms with van der Waals surface area (Å²) >= 11 is 0. The molecule has 3 aromatic rings. The second kappa shape index (κ2) is 5.25. The largest absolute Gasteiger partial charge is 0.463 e. The van der Waals surface area contributed by atoms with Crippen LogP contribution in [0.1, 0.15) is 15.9 Å². The maximum atomic E-state index is 12.3. The van der Waals surface area contributed by atoms with Crippen LogP contribution in [-0.4, -0.2) is 5.91 Å². The van der Waals surface area contributed by atoms with E-state index in [0.29, 0.717) is 16.7 Å². The molecule has 3 rings (SSSR count). The molecule has 1 N–H and O–H groups in total. The van der Waals surface area contributed by atoms with E-state index in [1.54, 1.807) is 36.4 Å². The van der Waals surface area contributed by atoms with Crippen molar-refractivity contribution < 1.29 is 9.21 Å². The Labute approximate surface area is 121 Å². The highest BCUT2D eigenvalue weighted by molar-refractivity contribution is 6.05. The van der Waals surface area contributed by atoms with E-state index < -0.39 is 5.91 Å². The van der Waals surface area contributed by atoms with Gasteiger partial charge in [-0.05, 0) is 31.2 Å². The number of carbonyl (C=O) groups is 1. The van der Waals surface area contributed by atoms with E-state index in [4.69, 9.17) is 4.42 Å². The van der Waals surface area contributed by atoms with Gasteiger partial charge in [0.05, 0.1) is 5.39 Å². The van der Waals surface area contributed by atoms with Gasteiger partial charge in [-0.1, -0.05) is 29.8 Å². The van der Waals surface area contributed by atoms with Crippen molar-refractivity contribution in [3.05, 3.63) is 76.1 Å². The standard InChI is InChI=1S/C17H13NO3/c1-11-6-8-12(9-7-11)18-17(20)14-10-21-15-5-3-2-4-13(15)16(14)19/h2-10H,1H3,(H,18,20). The minimum absolute atomic E-state index is 0.00530. The molecule has 104 valence electrons. The van der Waals surface area contributed by atoms with Crippen molar-refractivity contribution in [2.24, 2.45) is 0 Å². The van der Waals surface area contributed by atoms with Crippen molar-refractivity contribution in [2.45, 2.75) is 6.92 Å². The first-order valence-electron chi connectivity index (χ1n) is 6.54. The van der Waals surface area contributed by atoms with E-state index in [1.807, 2.05) is 19.1 Å². The van der Waals surface area contributed by atoms with Gasteiger partial charge < -0.3 is 9.73 Å². The number of anilines is 1. The van der Waals surface area contributed by atoms with Crippen molar-refractivity contribution in [3.63, 3.8) is 0 Å². The van der Waals surface area contributed by atoms with Gasteiger partial charge >= 0.3 is 0 Å². The van der Waals surface area contributed by atoms with Crippen LogP contribution in [-0.2, 0) is 0 Å². The summed E-state index contributed by atoms with van der Waals surface area (Å²) in [6, 6.07) is 14.2. The van der Waals surface area contributed by atoms with Crippen LogP contribution in [0.25, 0.3) is 11.0 Å². The number of hydrogen-bond acceptors (Lipinski definition) is 3. The first-order chi connectivity index (χ1) is 10.1. The van der Waals surface area contributed by atoms with Crippen molar-refractivity contribution in [2.75, 3.05) is 5.32 Å². The molecule has 0 saturated carbocycles. The van der Waals surface area contributed by atoms with Gasteiger partial charge in [0.2, 0.25) is 5.43 Å². The quantitative estimate of drug-likeness (QED) is 0.782. The van der Waals surface area contributed by atoms with E-state index in [0.717, 1.165) is 5.56 Å². The number of carbonyl (C=O) groups excluding carboxylic acids is 1. The number of benzene rings is 2. The molecule has 0 aliphatic carbocycles. The molecule has 0 bridgehead atoms. The van der Waals surface area contributed by atoms with Crippen LogP contribution >= 0.6 is 0 Å². The minimum atomic E-state index is -0.474. The molecule has 0 atom stereocenters. The van der Waals surface area contributed by atoms with Gasteiger partial charge in [0.25, 0.3) is 5.91 Å². The Morgan fingerprint density at radius 3 is 2.52 bits per heavy atom. The molecule has 0 radical (unpaired) electrons. The van der Waals surface area contributed by atoms with Gasteiger partial charge in [0, 0.05) is 5.69 Å². The van der Waals surface area contributed by atoms with Crippen LogP contribution in [0.3, 0.4) is 0 Å². The van der Waals surface area contributed by atoms with E-state index in [1.165, 1.54) is 6.26 Å². The number of para-hydroxylation sites is 1. The summed E-state index contributed by atoms with van der Waals surface area (Å²) in [7, 11) is 0. The van der Waals surface area contributed by atoms with Crippen LogP contribution in [0.15, 0.2) is 64.0 Å². The lowest BCUT2D eigenvalue weighted by molar-refractivity contribution is 0.102. The molecule has 4 heteroatoms. The summed E-state index contributed by atoms with van der Waals surface area (Å²) in [5, 5.41) is 3.09. The van der Waals surface area contributed by atoms with Gasteiger partial charge in [-0.2, -0.15) is 0 Å². The van der Waals surface area contributed by atoms with Gasteiger partial charge in [0.15, 0.2) is 0 Å². The fourth-order valence-electron chi connectivity index (χ4n) is 2.07. The molecule has 1 heterocycles. The minimum Gasteiger partial charge on any atom is -0.463 e. The second-order valence-electron chi connectivity index (χ2n) is 4.79. The summed E-state index contributed by atoms with van der Waals surface area (Å²) in [4.78, 5) is 24.5. The fraction of sp³-hybridized carbons (Fsp3) is 0.0588. The molecule has 0 aliphatic heterocycles. The predicted octanol–water partition coefficient (Wildman–Crippen LogP) is 3.35. The van der Waals surface area contributed by atoms with Gasteiger partial charge in [-0.25, -0.2) is 0 Å². The van der Waals surface area contributed by atoms with Crippen LogP contribution in [0.2, 0.25) is 0 Å². The van der Waals surface area contributed by atoms with Crippen molar-refractivity contribution in [1.29, 1.82) is 0 Å². The van der Waals surface area contributed by atoms with Gasteiger partial charge in [-0.15, -0.1) is 0 Å². The van der Waals surface area contributed by atoms with E-state index in [-0.39, 0.29) is 11.0 Å². The Balaban J connectivity index is 1.96. The third-order valence-electron chi connectivity index (χ3n) is 3.23. The summed E-state index contributed by atoms with van der Waals surface area (Å²) in [5.74, 6) is -0.474. The molecular formula is C17H13NO3. The Bertz CT molecular complexity index is 863. The molecule has 1 amide bonds. The van der Waals surface area contributed by atoms with E-state index >= 15 is 0 Å². The lowest BCUT2D eigenvalue weighted by Crippen LogP contribution is -2.21. The van der Waals surface area contributed by atoms with E-state index in [9.17, 15) is 9.59 Å². The molecule has 0 aliphatic rings. The number of fused-ring (bicyclic) bond motifs is 1. The lowest BCUT2D eigenvalue weighted by atomic mass is 10.1. The highest BCUT2D eigenvalue weighted by Crippen LogP contribution is 2.13. The van der Waals surface area contributed by atoms with Gasteiger partial charge in [-0.3, -0.25) is 9.59 Å². The number of hydrogen-bond donors (Lipinski definition) is 1. The number of rotatable bonds is 2. The zero-order valence-corrected chi connectivity index (χ0v) is 11.4. The van der Waals surface area contributed by atoms with Crippen molar-refractivity contribution in [1.82, 2.24) is 0 Å². The molecular weight excluding hydrogens is 266 g/mol. The Kier molecular flexibility index (Phi) is 3.28. The van der Waals surface area contributed by atoms with Crippen molar-refractivity contribution >= 4 is 22.6 Å². The monoisotopic (exact) mass is 279 g/mol. The predicted molar refractivity (Wildman–Crippen MR) is 81.6 cm³/mol. The molecule has 0 fully saturated rings. The lowest BCUT2D eigenvalue weighted by Gasteiger charge is -2.05. The molecule has 1 aromatic heterocycles. The first-order valence-corrected chi connectivity index (χ1v) is 6.54. The molecule has 2 aromatic carbocycles. The maximum Gasteiger partial charge on any atom is 0.262 e. The zero-order valence-electron chi connectivity index (χ0n) is 11.4. The molecule has 21 heavy (non-hydrogen) atoms. The highest BCUT2D eigenvalue weighted by Gasteiger charge is 2.14. The Morgan fingerprint density at radius 2 is 1.76 bits per heavy atom. The average Bonchev–Trinajstić information content (AvgIpc) is 2.50. The van der Waals surface area contributed by atoms with Gasteiger partial charge in [0.1, 0.15) is 17.4 Å². The van der Waals surface area contributed by atoms with Crippen LogP contribution in [0, 0.1) is 6.92 Å². The summed E-state index contributed by atoms with van der Waals surface area (Å²) in [5.41, 5.74) is 1.86. The number of nitrogens with one attached hydrogen (secondary N) is 1. The Hall–Kier alpha value is -2.88. The molecule has 0 saturated heterocycles.